The molecule has 2 aromatic rings. The lowest BCUT2D eigenvalue weighted by atomic mass is 10.2. The van der Waals surface area contributed by atoms with Gasteiger partial charge in [0.25, 0.3) is 0 Å². The Morgan fingerprint density at radius 3 is 2.48 bits per heavy atom. The number of sulfonamides is 1. The Bertz CT molecular complexity index is 748. The summed E-state index contributed by atoms with van der Waals surface area (Å²) in [6.45, 7) is -0.0287. The fraction of sp³-hybridized carbons (Fsp3) is 0.143. The van der Waals surface area contributed by atoms with Crippen molar-refractivity contribution in [1.82, 2.24) is 4.72 Å². The number of halogens is 2. The van der Waals surface area contributed by atoms with E-state index < -0.39 is 26.6 Å². The Kier molecular flexibility index (Phi) is 4.66. The lowest BCUT2D eigenvalue weighted by Crippen LogP contribution is -2.24. The number of nitrogens with one attached hydrogen (secondary N) is 1. The van der Waals surface area contributed by atoms with Gasteiger partial charge in [-0.15, -0.1) is 0 Å². The largest absolute Gasteiger partial charge is 0.326 e. The molecule has 7 heteroatoms. The van der Waals surface area contributed by atoms with Crippen molar-refractivity contribution in [2.75, 3.05) is 0 Å². The summed E-state index contributed by atoms with van der Waals surface area (Å²) in [6, 6.07) is 9.15. The van der Waals surface area contributed by atoms with Crippen molar-refractivity contribution in [2.45, 2.75) is 18.0 Å². The molecule has 0 radical (unpaired) electrons. The maximum Gasteiger partial charge on any atom is 0.243 e. The second-order valence-electron chi connectivity index (χ2n) is 4.42. The maximum absolute atomic E-state index is 13.7. The van der Waals surface area contributed by atoms with Crippen molar-refractivity contribution >= 4 is 10.0 Å². The molecule has 0 aromatic heterocycles. The molecule has 0 aliphatic heterocycles. The first-order chi connectivity index (χ1) is 9.92. The third-order valence-electron chi connectivity index (χ3n) is 2.88. The Morgan fingerprint density at radius 2 is 1.81 bits per heavy atom. The van der Waals surface area contributed by atoms with E-state index in [4.69, 9.17) is 5.73 Å². The van der Waals surface area contributed by atoms with Gasteiger partial charge < -0.3 is 5.73 Å². The summed E-state index contributed by atoms with van der Waals surface area (Å²) in [7, 11) is -4.04. The van der Waals surface area contributed by atoms with E-state index in [1.165, 1.54) is 30.3 Å². The van der Waals surface area contributed by atoms with E-state index in [-0.39, 0.29) is 13.1 Å². The van der Waals surface area contributed by atoms with Gasteiger partial charge >= 0.3 is 0 Å². The van der Waals surface area contributed by atoms with Crippen LogP contribution in [0.4, 0.5) is 8.78 Å². The molecule has 0 bridgehead atoms. The fourth-order valence-corrected chi connectivity index (χ4v) is 2.93. The molecule has 112 valence electrons. The molecule has 0 fully saturated rings. The SMILES string of the molecule is NCc1ccc(F)c(S(=O)(=O)NCc2cccc(F)c2)c1. The van der Waals surface area contributed by atoms with Crippen LogP contribution in [-0.4, -0.2) is 8.42 Å². The summed E-state index contributed by atoms with van der Waals surface area (Å²) in [5, 5.41) is 0. The molecule has 3 N–H and O–H groups in total. The van der Waals surface area contributed by atoms with Gasteiger partial charge in [0.05, 0.1) is 0 Å². The van der Waals surface area contributed by atoms with Gasteiger partial charge in [-0.2, -0.15) is 0 Å². The van der Waals surface area contributed by atoms with Gasteiger partial charge in [0.1, 0.15) is 16.5 Å². The highest BCUT2D eigenvalue weighted by Gasteiger charge is 2.19. The van der Waals surface area contributed by atoms with Gasteiger partial charge in [0.15, 0.2) is 0 Å². The van der Waals surface area contributed by atoms with Gasteiger partial charge in [-0.05, 0) is 35.4 Å². The van der Waals surface area contributed by atoms with Crippen molar-refractivity contribution in [3.63, 3.8) is 0 Å². The van der Waals surface area contributed by atoms with Crippen LogP contribution in [0.2, 0.25) is 0 Å². The quantitative estimate of drug-likeness (QED) is 0.886. The molecule has 0 saturated heterocycles. The van der Waals surface area contributed by atoms with E-state index in [1.54, 1.807) is 6.07 Å². The summed E-state index contributed by atoms with van der Waals surface area (Å²) in [6.07, 6.45) is 0. The molecule has 2 rings (SSSR count). The van der Waals surface area contributed by atoms with Crippen LogP contribution >= 0.6 is 0 Å². The average Bonchev–Trinajstić information content (AvgIpc) is 2.46. The highest BCUT2D eigenvalue weighted by atomic mass is 32.2. The van der Waals surface area contributed by atoms with Crippen LogP contribution in [0.25, 0.3) is 0 Å². The number of hydrogen-bond donors (Lipinski definition) is 2. The van der Waals surface area contributed by atoms with Crippen molar-refractivity contribution < 1.29 is 17.2 Å². The van der Waals surface area contributed by atoms with E-state index in [2.05, 4.69) is 4.72 Å². The zero-order valence-electron chi connectivity index (χ0n) is 11.0. The second-order valence-corrected chi connectivity index (χ2v) is 6.16. The highest BCUT2D eigenvalue weighted by molar-refractivity contribution is 7.89. The van der Waals surface area contributed by atoms with Gasteiger partial charge in [0, 0.05) is 13.1 Å². The summed E-state index contributed by atoms with van der Waals surface area (Å²) < 4.78 is 53.1. The van der Waals surface area contributed by atoms with Gasteiger partial charge in [-0.25, -0.2) is 21.9 Å². The highest BCUT2D eigenvalue weighted by Crippen LogP contribution is 2.16. The second kappa shape index (κ2) is 6.30. The smallest absolute Gasteiger partial charge is 0.243 e. The fourth-order valence-electron chi connectivity index (χ4n) is 1.78. The average molecular weight is 312 g/mol. The molecular weight excluding hydrogens is 298 g/mol. The predicted octanol–water partition coefficient (Wildman–Crippen LogP) is 1.90. The minimum Gasteiger partial charge on any atom is -0.326 e. The predicted molar refractivity (Wildman–Crippen MR) is 74.7 cm³/mol. The van der Waals surface area contributed by atoms with E-state index in [1.807, 2.05) is 0 Å². The molecule has 0 amide bonds. The van der Waals surface area contributed by atoms with Gasteiger partial charge in [-0.1, -0.05) is 18.2 Å². The van der Waals surface area contributed by atoms with E-state index in [0.29, 0.717) is 11.1 Å². The monoisotopic (exact) mass is 312 g/mol. The number of rotatable bonds is 5. The molecule has 0 aliphatic carbocycles. The van der Waals surface area contributed by atoms with Crippen LogP contribution < -0.4 is 10.5 Å². The topological polar surface area (TPSA) is 72.2 Å². The zero-order valence-corrected chi connectivity index (χ0v) is 11.8. The third-order valence-corrected chi connectivity index (χ3v) is 4.29. The molecule has 4 nitrogen and oxygen atoms in total. The maximum atomic E-state index is 13.7. The minimum atomic E-state index is -4.04. The lowest BCUT2D eigenvalue weighted by molar-refractivity contribution is 0.555. The molecular formula is C14H14F2N2O2S. The summed E-state index contributed by atoms with van der Waals surface area (Å²) in [5.41, 5.74) is 6.36. The lowest BCUT2D eigenvalue weighted by Gasteiger charge is -2.09. The molecule has 2 aromatic carbocycles. The van der Waals surface area contributed by atoms with Crippen molar-refractivity contribution in [3.05, 3.63) is 65.2 Å². The minimum absolute atomic E-state index is 0.104. The van der Waals surface area contributed by atoms with Crippen LogP contribution in [0.5, 0.6) is 0 Å². The number of nitrogens with two attached hydrogens (primary N) is 1. The molecule has 0 atom stereocenters. The molecule has 21 heavy (non-hydrogen) atoms. The first-order valence-electron chi connectivity index (χ1n) is 6.15. The summed E-state index contributed by atoms with van der Waals surface area (Å²) >= 11 is 0. The van der Waals surface area contributed by atoms with Crippen LogP contribution in [0.15, 0.2) is 47.4 Å². The molecule has 0 unspecified atom stereocenters. The summed E-state index contributed by atoms with van der Waals surface area (Å²) in [5.74, 6) is -1.33. The molecule has 0 spiro atoms. The summed E-state index contributed by atoms with van der Waals surface area (Å²) in [4.78, 5) is -0.471. The molecule has 0 aliphatic rings. The first kappa shape index (κ1) is 15.6. The normalized spacial score (nSPS) is 11.6. The Balaban J connectivity index is 2.22. The number of hydrogen-bond acceptors (Lipinski definition) is 3. The first-order valence-corrected chi connectivity index (χ1v) is 7.63. The van der Waals surface area contributed by atoms with E-state index in [9.17, 15) is 17.2 Å². The van der Waals surface area contributed by atoms with Crippen LogP contribution in [0.1, 0.15) is 11.1 Å². The van der Waals surface area contributed by atoms with Crippen LogP contribution in [0.3, 0.4) is 0 Å². The third kappa shape index (κ3) is 3.84. The van der Waals surface area contributed by atoms with Gasteiger partial charge in [-0.3, -0.25) is 0 Å². The van der Waals surface area contributed by atoms with Gasteiger partial charge in [0.2, 0.25) is 10.0 Å². The Labute approximate surface area is 121 Å². The van der Waals surface area contributed by atoms with Crippen molar-refractivity contribution in [2.24, 2.45) is 5.73 Å². The van der Waals surface area contributed by atoms with Crippen LogP contribution in [-0.2, 0) is 23.1 Å². The van der Waals surface area contributed by atoms with E-state index >= 15 is 0 Å². The molecule has 0 saturated carbocycles. The van der Waals surface area contributed by atoms with Crippen LogP contribution in [0, 0.1) is 11.6 Å². The Hall–Kier alpha value is -1.83. The van der Waals surface area contributed by atoms with Crippen molar-refractivity contribution in [1.29, 1.82) is 0 Å². The van der Waals surface area contributed by atoms with E-state index in [0.717, 1.165) is 6.07 Å². The number of benzene rings is 2. The van der Waals surface area contributed by atoms with Crippen molar-refractivity contribution in [3.8, 4) is 0 Å². The standard InChI is InChI=1S/C14H14F2N2O2S/c15-12-3-1-2-11(6-12)9-18-21(19,20)14-7-10(8-17)4-5-13(14)16/h1-7,18H,8-9,17H2. The molecule has 0 heterocycles. The zero-order chi connectivity index (χ0) is 15.5. The Morgan fingerprint density at radius 1 is 1.05 bits per heavy atom.